The van der Waals surface area contributed by atoms with Crippen LogP contribution in [0.3, 0.4) is 0 Å². The molecule has 0 saturated heterocycles. The maximum absolute atomic E-state index is 13.2. The first-order chi connectivity index (χ1) is 16.2. The Hall–Kier alpha value is -3.50. The van der Waals surface area contributed by atoms with E-state index in [0.29, 0.717) is 25.9 Å². The van der Waals surface area contributed by atoms with Crippen molar-refractivity contribution in [3.63, 3.8) is 0 Å². The van der Waals surface area contributed by atoms with Gasteiger partial charge in [-0.05, 0) is 82.5 Å². The van der Waals surface area contributed by atoms with Crippen LogP contribution in [-0.2, 0) is 4.79 Å². The molecular formula is C24H19Br2N3O5. The number of amides is 2. The summed E-state index contributed by atoms with van der Waals surface area (Å²) in [7, 11) is 1.44. The smallest absolute Gasteiger partial charge is 0.272 e. The van der Waals surface area contributed by atoms with Crippen LogP contribution in [0.4, 0.5) is 11.4 Å². The number of carbonyl (C=O) groups is 2. The van der Waals surface area contributed by atoms with Gasteiger partial charge in [-0.3, -0.25) is 19.7 Å². The van der Waals surface area contributed by atoms with Crippen molar-refractivity contribution in [1.29, 1.82) is 0 Å². The number of ether oxygens (including phenoxy) is 1. The van der Waals surface area contributed by atoms with Gasteiger partial charge in [-0.2, -0.15) is 0 Å². The van der Waals surface area contributed by atoms with Crippen molar-refractivity contribution in [1.82, 2.24) is 5.32 Å². The number of non-ortho nitro benzene ring substituents is 1. The van der Waals surface area contributed by atoms with Crippen molar-refractivity contribution in [3.8, 4) is 5.75 Å². The summed E-state index contributed by atoms with van der Waals surface area (Å²) in [5, 5.41) is 16.3. The number of hydrogen-bond donors (Lipinski definition) is 2. The number of aryl methyl sites for hydroxylation is 1. The second-order valence-corrected chi connectivity index (χ2v) is 8.91. The number of anilines is 1. The third-order valence-electron chi connectivity index (χ3n) is 4.69. The lowest BCUT2D eigenvalue weighted by Gasteiger charge is -2.14. The van der Waals surface area contributed by atoms with Gasteiger partial charge in [0.1, 0.15) is 11.4 Å². The molecule has 0 unspecified atom stereocenters. The summed E-state index contributed by atoms with van der Waals surface area (Å²) in [6, 6.07) is 16.0. The third kappa shape index (κ3) is 6.30. The number of rotatable bonds is 7. The van der Waals surface area contributed by atoms with Gasteiger partial charge in [0.25, 0.3) is 17.5 Å². The Morgan fingerprint density at radius 1 is 1.03 bits per heavy atom. The monoisotopic (exact) mass is 587 g/mol. The van der Waals surface area contributed by atoms with Crippen LogP contribution in [0.1, 0.15) is 21.5 Å². The van der Waals surface area contributed by atoms with Gasteiger partial charge in [0.15, 0.2) is 0 Å². The Morgan fingerprint density at radius 2 is 1.74 bits per heavy atom. The minimum absolute atomic E-state index is 0.0617. The van der Waals surface area contributed by atoms with Gasteiger partial charge in [-0.1, -0.05) is 22.0 Å². The molecule has 0 aliphatic carbocycles. The van der Waals surface area contributed by atoms with Gasteiger partial charge >= 0.3 is 0 Å². The van der Waals surface area contributed by atoms with Crippen molar-refractivity contribution in [3.05, 3.63) is 102 Å². The molecule has 10 heteroatoms. The molecule has 2 N–H and O–H groups in total. The highest BCUT2D eigenvalue weighted by molar-refractivity contribution is 9.10. The number of hydrogen-bond acceptors (Lipinski definition) is 5. The highest BCUT2D eigenvalue weighted by Crippen LogP contribution is 2.25. The van der Waals surface area contributed by atoms with Crippen LogP contribution in [-0.4, -0.2) is 23.8 Å². The van der Waals surface area contributed by atoms with Gasteiger partial charge in [0, 0.05) is 21.1 Å². The predicted octanol–water partition coefficient (Wildman–Crippen LogP) is 5.85. The average Bonchev–Trinajstić information content (AvgIpc) is 2.80. The second kappa shape index (κ2) is 11.1. The minimum atomic E-state index is -0.579. The minimum Gasteiger partial charge on any atom is -0.496 e. The number of nitro groups is 1. The first kappa shape index (κ1) is 25.1. The summed E-state index contributed by atoms with van der Waals surface area (Å²) in [6.45, 7) is 1.92. The Balaban J connectivity index is 1.97. The number of halogens is 2. The van der Waals surface area contributed by atoms with E-state index in [-0.39, 0.29) is 16.9 Å². The molecule has 0 aromatic heterocycles. The number of carbonyl (C=O) groups excluding carboxylic acids is 2. The maximum Gasteiger partial charge on any atom is 0.272 e. The topological polar surface area (TPSA) is 111 Å². The molecule has 0 atom stereocenters. The first-order valence-electron chi connectivity index (χ1n) is 9.86. The SMILES string of the molecule is COc1ccc(Br)cc1C(=O)N/C(=C\c1ccc([N+](=O)[O-])cc1)C(=O)Nc1ccc(C)cc1Br. The van der Waals surface area contributed by atoms with Gasteiger partial charge < -0.3 is 15.4 Å². The highest BCUT2D eigenvalue weighted by Gasteiger charge is 2.19. The highest BCUT2D eigenvalue weighted by atomic mass is 79.9. The van der Waals surface area contributed by atoms with Crippen LogP contribution in [0.2, 0.25) is 0 Å². The number of nitro benzene ring substituents is 1. The fourth-order valence-corrected chi connectivity index (χ4v) is 3.93. The molecule has 3 rings (SSSR count). The zero-order chi connectivity index (χ0) is 24.8. The number of nitrogens with zero attached hydrogens (tertiary/aromatic N) is 1. The molecular weight excluding hydrogens is 570 g/mol. The number of nitrogens with one attached hydrogen (secondary N) is 2. The van der Waals surface area contributed by atoms with Crippen molar-refractivity contribution in [2.75, 3.05) is 12.4 Å². The lowest BCUT2D eigenvalue weighted by atomic mass is 10.1. The van der Waals surface area contributed by atoms with Gasteiger partial charge in [-0.15, -0.1) is 0 Å². The molecule has 0 heterocycles. The summed E-state index contributed by atoms with van der Waals surface area (Å²) in [4.78, 5) is 36.6. The first-order valence-corrected chi connectivity index (χ1v) is 11.4. The molecule has 0 bridgehead atoms. The fraction of sp³-hybridized carbons (Fsp3) is 0.0833. The molecule has 0 radical (unpaired) electrons. The van der Waals surface area contributed by atoms with Crippen molar-refractivity contribution < 1.29 is 19.2 Å². The second-order valence-electron chi connectivity index (χ2n) is 7.14. The Bertz CT molecular complexity index is 1290. The van der Waals surface area contributed by atoms with E-state index >= 15 is 0 Å². The van der Waals surface area contributed by atoms with Crippen LogP contribution in [0.5, 0.6) is 5.75 Å². The number of benzene rings is 3. The average molecular weight is 589 g/mol. The van der Waals surface area contributed by atoms with E-state index in [1.165, 1.54) is 37.5 Å². The Labute approximate surface area is 212 Å². The van der Waals surface area contributed by atoms with Crippen molar-refractivity contribution >= 4 is 61.1 Å². The van der Waals surface area contributed by atoms with Crippen LogP contribution in [0.25, 0.3) is 6.08 Å². The largest absolute Gasteiger partial charge is 0.496 e. The predicted molar refractivity (Wildman–Crippen MR) is 137 cm³/mol. The fourth-order valence-electron chi connectivity index (χ4n) is 2.98. The lowest BCUT2D eigenvalue weighted by Crippen LogP contribution is -2.31. The third-order valence-corrected chi connectivity index (χ3v) is 5.84. The number of methoxy groups -OCH3 is 1. The Morgan fingerprint density at radius 3 is 2.35 bits per heavy atom. The molecule has 0 saturated carbocycles. The summed E-state index contributed by atoms with van der Waals surface area (Å²) in [6.07, 6.45) is 1.43. The summed E-state index contributed by atoms with van der Waals surface area (Å²) in [5.41, 5.74) is 2.07. The molecule has 0 spiro atoms. The van der Waals surface area contributed by atoms with Gasteiger partial charge in [0.2, 0.25) is 0 Å². The van der Waals surface area contributed by atoms with E-state index in [9.17, 15) is 19.7 Å². The van der Waals surface area contributed by atoms with Gasteiger partial charge in [0.05, 0.1) is 23.3 Å². The van der Waals surface area contributed by atoms with Crippen LogP contribution in [0, 0.1) is 17.0 Å². The van der Waals surface area contributed by atoms with Crippen LogP contribution < -0.4 is 15.4 Å². The van der Waals surface area contributed by atoms with E-state index in [1.807, 2.05) is 19.1 Å². The van der Waals surface area contributed by atoms with Crippen molar-refractivity contribution in [2.45, 2.75) is 6.92 Å². The quantitative estimate of drug-likeness (QED) is 0.204. The molecule has 34 heavy (non-hydrogen) atoms. The lowest BCUT2D eigenvalue weighted by molar-refractivity contribution is -0.384. The van der Waals surface area contributed by atoms with E-state index in [2.05, 4.69) is 42.5 Å². The summed E-state index contributed by atoms with van der Waals surface area (Å²) in [5.74, 6) is -0.813. The standard InChI is InChI=1S/C24H19Br2N3O5/c1-14-3-9-20(19(26)11-14)27-24(31)21(12-15-4-7-17(8-5-15)29(32)33)28-23(30)18-13-16(25)6-10-22(18)34-2/h3-13H,1-2H3,(H,27,31)(H,28,30)/b21-12-. The summed E-state index contributed by atoms with van der Waals surface area (Å²) >= 11 is 6.75. The van der Waals surface area contributed by atoms with E-state index in [4.69, 9.17) is 4.74 Å². The summed E-state index contributed by atoms with van der Waals surface area (Å²) < 4.78 is 6.60. The van der Waals surface area contributed by atoms with E-state index in [1.54, 1.807) is 24.3 Å². The maximum atomic E-state index is 13.2. The molecule has 8 nitrogen and oxygen atoms in total. The molecule has 2 amide bonds. The molecule has 0 aliphatic heterocycles. The molecule has 174 valence electrons. The van der Waals surface area contributed by atoms with Crippen LogP contribution in [0.15, 0.2) is 75.3 Å². The van der Waals surface area contributed by atoms with Crippen molar-refractivity contribution in [2.24, 2.45) is 0 Å². The zero-order valence-electron chi connectivity index (χ0n) is 18.1. The van der Waals surface area contributed by atoms with E-state index in [0.717, 1.165) is 5.56 Å². The Kier molecular flexibility index (Phi) is 8.19. The molecule has 0 aliphatic rings. The van der Waals surface area contributed by atoms with Crippen LogP contribution >= 0.6 is 31.9 Å². The molecule has 3 aromatic rings. The zero-order valence-corrected chi connectivity index (χ0v) is 21.3. The normalized spacial score (nSPS) is 11.0. The molecule has 3 aromatic carbocycles. The van der Waals surface area contributed by atoms with E-state index < -0.39 is 16.7 Å². The molecule has 0 fully saturated rings. The van der Waals surface area contributed by atoms with Gasteiger partial charge in [-0.25, -0.2) is 0 Å².